The Balaban J connectivity index is 1.35. The van der Waals surface area contributed by atoms with Gasteiger partial charge in [0.05, 0.1) is 17.7 Å². The number of furan rings is 1. The van der Waals surface area contributed by atoms with E-state index in [0.717, 1.165) is 34.0 Å². The van der Waals surface area contributed by atoms with Crippen molar-refractivity contribution in [2.45, 2.75) is 31.5 Å². The number of thioether (sulfide) groups is 1. The molecule has 1 aliphatic heterocycles. The molecule has 0 saturated carbocycles. The number of nitrogens with zero attached hydrogens (tertiary/aromatic N) is 5. The van der Waals surface area contributed by atoms with Crippen molar-refractivity contribution in [3.8, 4) is 11.4 Å². The van der Waals surface area contributed by atoms with Crippen molar-refractivity contribution >= 4 is 23.4 Å². The Morgan fingerprint density at radius 2 is 1.85 bits per heavy atom. The van der Waals surface area contributed by atoms with Crippen molar-refractivity contribution in [2.24, 2.45) is 12.1 Å². The zero-order valence-corrected chi connectivity index (χ0v) is 20.1. The monoisotopic (exact) mass is 471 g/mol. The molecule has 3 heterocycles. The minimum atomic E-state index is -0.263. The third kappa shape index (κ3) is 4.28. The van der Waals surface area contributed by atoms with Crippen LogP contribution in [0.2, 0.25) is 0 Å². The van der Waals surface area contributed by atoms with Crippen LogP contribution in [0, 0.1) is 13.8 Å². The molecule has 1 unspecified atom stereocenters. The lowest BCUT2D eigenvalue weighted by Crippen LogP contribution is -2.28. The summed E-state index contributed by atoms with van der Waals surface area (Å²) < 4.78 is 7.57. The Morgan fingerprint density at radius 1 is 1.06 bits per heavy atom. The van der Waals surface area contributed by atoms with Gasteiger partial charge < -0.3 is 8.98 Å². The molecule has 2 aromatic heterocycles. The molecule has 1 atom stereocenters. The van der Waals surface area contributed by atoms with Crippen LogP contribution in [-0.4, -0.2) is 37.1 Å². The number of hydrogen-bond acceptors (Lipinski definition) is 6. The van der Waals surface area contributed by atoms with Gasteiger partial charge in [-0.3, -0.25) is 4.79 Å². The summed E-state index contributed by atoms with van der Waals surface area (Å²) in [6, 6.07) is 19.7. The van der Waals surface area contributed by atoms with E-state index >= 15 is 0 Å². The van der Waals surface area contributed by atoms with Gasteiger partial charge in [-0.2, -0.15) is 5.10 Å². The van der Waals surface area contributed by atoms with E-state index in [0.29, 0.717) is 11.6 Å². The molecule has 34 heavy (non-hydrogen) atoms. The van der Waals surface area contributed by atoms with Crippen LogP contribution in [0.4, 0.5) is 0 Å². The molecule has 5 rings (SSSR count). The molecular formula is C26H25N5O2S. The number of hydrazone groups is 1. The van der Waals surface area contributed by atoms with E-state index in [9.17, 15) is 4.79 Å². The summed E-state index contributed by atoms with van der Waals surface area (Å²) in [4.78, 5) is 13.3. The summed E-state index contributed by atoms with van der Waals surface area (Å²) >= 11 is 1.36. The minimum Gasteiger partial charge on any atom is -0.467 e. The summed E-state index contributed by atoms with van der Waals surface area (Å²) in [5.41, 5.74) is 5.23. The SMILES string of the molecule is Cc1ccc(C2=NN(C(=O)CSc3nnc(-c4ccccc4C)n3C)C(c3ccco3)C2)cc1. The highest BCUT2D eigenvalue weighted by molar-refractivity contribution is 7.99. The van der Waals surface area contributed by atoms with Crippen LogP contribution in [0.3, 0.4) is 0 Å². The molecule has 0 aliphatic carbocycles. The second kappa shape index (κ2) is 9.30. The fourth-order valence-corrected chi connectivity index (χ4v) is 4.82. The quantitative estimate of drug-likeness (QED) is 0.363. The van der Waals surface area contributed by atoms with Crippen LogP contribution in [-0.2, 0) is 11.8 Å². The van der Waals surface area contributed by atoms with Crippen molar-refractivity contribution in [1.82, 2.24) is 19.8 Å². The normalized spacial score (nSPS) is 15.6. The second-order valence-electron chi connectivity index (χ2n) is 8.36. The summed E-state index contributed by atoms with van der Waals surface area (Å²) in [5.74, 6) is 1.60. The lowest BCUT2D eigenvalue weighted by Gasteiger charge is -2.19. The largest absolute Gasteiger partial charge is 0.467 e. The molecular weight excluding hydrogens is 446 g/mol. The van der Waals surface area contributed by atoms with Crippen molar-refractivity contribution in [3.63, 3.8) is 0 Å². The Labute approximate surface area is 202 Å². The zero-order valence-electron chi connectivity index (χ0n) is 19.3. The van der Waals surface area contributed by atoms with Crippen molar-refractivity contribution < 1.29 is 9.21 Å². The zero-order chi connectivity index (χ0) is 23.7. The van der Waals surface area contributed by atoms with Crippen LogP contribution < -0.4 is 0 Å². The van der Waals surface area contributed by atoms with Crippen LogP contribution >= 0.6 is 11.8 Å². The predicted molar refractivity (Wildman–Crippen MR) is 133 cm³/mol. The number of amides is 1. The van der Waals surface area contributed by atoms with Gasteiger partial charge in [-0.05, 0) is 37.1 Å². The molecule has 8 heteroatoms. The maximum absolute atomic E-state index is 13.3. The summed E-state index contributed by atoms with van der Waals surface area (Å²) in [6.45, 7) is 4.10. The molecule has 1 amide bonds. The fraction of sp³-hybridized carbons (Fsp3) is 0.231. The third-order valence-corrected chi connectivity index (χ3v) is 6.97. The summed E-state index contributed by atoms with van der Waals surface area (Å²) in [5, 5.41) is 15.6. The van der Waals surface area contributed by atoms with E-state index in [4.69, 9.17) is 9.52 Å². The maximum atomic E-state index is 13.3. The number of aryl methyl sites for hydroxylation is 2. The van der Waals surface area contributed by atoms with Crippen LogP contribution in [0.5, 0.6) is 0 Å². The van der Waals surface area contributed by atoms with E-state index < -0.39 is 0 Å². The predicted octanol–water partition coefficient (Wildman–Crippen LogP) is 5.16. The molecule has 0 N–H and O–H groups in total. The van der Waals surface area contributed by atoms with E-state index in [1.165, 1.54) is 17.3 Å². The maximum Gasteiger partial charge on any atom is 0.253 e. The standard InChI is InChI=1S/C26H25N5O2S/c1-17-10-12-19(13-11-17)21-15-22(23-9-6-14-33-23)31(29-21)24(32)16-34-26-28-27-25(30(26)3)20-8-5-4-7-18(20)2/h4-14,22H,15-16H2,1-3H3. The smallest absolute Gasteiger partial charge is 0.253 e. The van der Waals surface area contributed by atoms with Gasteiger partial charge in [-0.15, -0.1) is 10.2 Å². The highest BCUT2D eigenvalue weighted by Crippen LogP contribution is 2.34. The van der Waals surface area contributed by atoms with E-state index in [1.807, 2.05) is 67.1 Å². The third-order valence-electron chi connectivity index (χ3n) is 5.97. The average Bonchev–Trinajstić information content (AvgIpc) is 3.59. The molecule has 0 radical (unpaired) electrons. The van der Waals surface area contributed by atoms with Gasteiger partial charge in [-0.25, -0.2) is 5.01 Å². The second-order valence-corrected chi connectivity index (χ2v) is 9.30. The first kappa shape index (κ1) is 22.2. The summed E-state index contributed by atoms with van der Waals surface area (Å²) in [6.07, 6.45) is 2.23. The molecule has 2 aromatic carbocycles. The van der Waals surface area contributed by atoms with Crippen molar-refractivity contribution in [3.05, 3.63) is 89.4 Å². The van der Waals surface area contributed by atoms with E-state index in [2.05, 4.69) is 29.3 Å². The van der Waals surface area contributed by atoms with Crippen LogP contribution in [0.25, 0.3) is 11.4 Å². The Morgan fingerprint density at radius 3 is 2.59 bits per heavy atom. The Hall–Kier alpha value is -3.65. The first-order valence-corrected chi connectivity index (χ1v) is 12.1. The number of hydrogen-bond donors (Lipinski definition) is 0. The molecule has 0 spiro atoms. The highest BCUT2D eigenvalue weighted by Gasteiger charge is 2.35. The molecule has 0 fully saturated rings. The highest BCUT2D eigenvalue weighted by atomic mass is 32.2. The molecule has 1 aliphatic rings. The first-order chi connectivity index (χ1) is 16.5. The molecule has 0 saturated heterocycles. The topological polar surface area (TPSA) is 76.5 Å². The van der Waals surface area contributed by atoms with Gasteiger partial charge in [-0.1, -0.05) is 65.9 Å². The minimum absolute atomic E-state index is 0.103. The molecule has 172 valence electrons. The van der Waals surface area contributed by atoms with Gasteiger partial charge in [0.2, 0.25) is 0 Å². The molecule has 4 aromatic rings. The molecule has 0 bridgehead atoms. The van der Waals surface area contributed by atoms with E-state index in [-0.39, 0.29) is 17.7 Å². The lowest BCUT2D eigenvalue weighted by molar-refractivity contribution is -0.130. The van der Waals surface area contributed by atoms with Crippen molar-refractivity contribution in [2.75, 3.05) is 5.75 Å². The number of aromatic nitrogens is 3. The Bertz CT molecular complexity index is 1340. The van der Waals surface area contributed by atoms with E-state index in [1.54, 1.807) is 11.3 Å². The van der Waals surface area contributed by atoms with Gasteiger partial charge in [0.1, 0.15) is 11.8 Å². The van der Waals surface area contributed by atoms with Gasteiger partial charge >= 0.3 is 0 Å². The van der Waals surface area contributed by atoms with Crippen LogP contribution in [0.1, 0.15) is 34.9 Å². The summed E-state index contributed by atoms with van der Waals surface area (Å²) in [7, 11) is 1.92. The lowest BCUT2D eigenvalue weighted by atomic mass is 10.0. The van der Waals surface area contributed by atoms with Gasteiger partial charge in [0.25, 0.3) is 5.91 Å². The van der Waals surface area contributed by atoms with Gasteiger partial charge in [0, 0.05) is 19.0 Å². The van der Waals surface area contributed by atoms with Crippen molar-refractivity contribution in [1.29, 1.82) is 0 Å². The number of carbonyl (C=O) groups excluding carboxylic acids is 1. The average molecular weight is 472 g/mol. The molecule has 7 nitrogen and oxygen atoms in total. The number of carbonyl (C=O) groups is 1. The first-order valence-electron chi connectivity index (χ1n) is 11.1. The number of benzene rings is 2. The Kier molecular flexibility index (Phi) is 6.06. The fourth-order valence-electron chi connectivity index (χ4n) is 4.05. The number of rotatable bonds is 6. The van der Waals surface area contributed by atoms with Gasteiger partial charge in [0.15, 0.2) is 11.0 Å². The van der Waals surface area contributed by atoms with Crippen LogP contribution in [0.15, 0.2) is 81.6 Å².